The molecule has 1 aliphatic rings. The SMILES string of the molecule is Cc1ccsc1CCNC(=O)[C@@H](c1cccnc1)N1CCCC1. The summed E-state index contributed by atoms with van der Waals surface area (Å²) in [6.45, 7) is 4.77. The summed E-state index contributed by atoms with van der Waals surface area (Å²) in [5.41, 5.74) is 2.30. The Balaban J connectivity index is 1.64. The predicted molar refractivity (Wildman–Crippen MR) is 93.6 cm³/mol. The highest BCUT2D eigenvalue weighted by molar-refractivity contribution is 7.10. The van der Waals surface area contributed by atoms with Gasteiger partial charge in [0.15, 0.2) is 0 Å². The lowest BCUT2D eigenvalue weighted by Gasteiger charge is -2.26. The van der Waals surface area contributed by atoms with Crippen molar-refractivity contribution in [2.75, 3.05) is 19.6 Å². The number of hydrogen-bond donors (Lipinski definition) is 1. The number of amides is 1. The van der Waals surface area contributed by atoms with Crippen LogP contribution in [0.2, 0.25) is 0 Å². The third-order valence-corrected chi connectivity index (χ3v) is 5.46. The van der Waals surface area contributed by atoms with Crippen LogP contribution in [0.3, 0.4) is 0 Å². The van der Waals surface area contributed by atoms with E-state index in [-0.39, 0.29) is 11.9 Å². The summed E-state index contributed by atoms with van der Waals surface area (Å²) >= 11 is 1.76. The Morgan fingerprint density at radius 1 is 1.39 bits per heavy atom. The van der Waals surface area contributed by atoms with Crippen LogP contribution < -0.4 is 5.32 Å². The molecule has 0 radical (unpaired) electrons. The highest BCUT2D eigenvalue weighted by atomic mass is 32.1. The molecule has 0 saturated carbocycles. The van der Waals surface area contributed by atoms with E-state index in [0.29, 0.717) is 6.54 Å². The molecule has 0 aromatic carbocycles. The molecule has 1 atom stereocenters. The van der Waals surface area contributed by atoms with Crippen LogP contribution in [-0.4, -0.2) is 35.4 Å². The van der Waals surface area contributed by atoms with Crippen molar-refractivity contribution < 1.29 is 4.79 Å². The van der Waals surface area contributed by atoms with E-state index in [1.165, 1.54) is 23.3 Å². The lowest BCUT2D eigenvalue weighted by atomic mass is 10.1. The van der Waals surface area contributed by atoms with Gasteiger partial charge >= 0.3 is 0 Å². The molecular formula is C18H23N3OS. The minimum Gasteiger partial charge on any atom is -0.354 e. The maximum Gasteiger partial charge on any atom is 0.242 e. The molecule has 4 nitrogen and oxygen atoms in total. The van der Waals surface area contributed by atoms with Crippen molar-refractivity contribution in [2.24, 2.45) is 0 Å². The molecule has 1 N–H and O–H groups in total. The van der Waals surface area contributed by atoms with E-state index >= 15 is 0 Å². The zero-order valence-electron chi connectivity index (χ0n) is 13.5. The van der Waals surface area contributed by atoms with Crippen LogP contribution in [0.1, 0.15) is 34.9 Å². The van der Waals surface area contributed by atoms with Gasteiger partial charge in [0.05, 0.1) is 0 Å². The summed E-state index contributed by atoms with van der Waals surface area (Å²) in [5, 5.41) is 5.23. The molecule has 0 bridgehead atoms. The van der Waals surface area contributed by atoms with Gasteiger partial charge < -0.3 is 5.32 Å². The van der Waals surface area contributed by atoms with E-state index in [1.54, 1.807) is 17.5 Å². The van der Waals surface area contributed by atoms with Gasteiger partial charge in [0.1, 0.15) is 6.04 Å². The number of carbonyl (C=O) groups excluding carboxylic acids is 1. The van der Waals surface area contributed by atoms with Gasteiger partial charge in [-0.2, -0.15) is 0 Å². The molecule has 0 spiro atoms. The third-order valence-electron chi connectivity index (χ3n) is 4.37. The van der Waals surface area contributed by atoms with E-state index in [4.69, 9.17) is 0 Å². The van der Waals surface area contributed by atoms with Crippen molar-refractivity contribution in [3.63, 3.8) is 0 Å². The van der Waals surface area contributed by atoms with Gasteiger partial charge in [-0.15, -0.1) is 11.3 Å². The lowest BCUT2D eigenvalue weighted by molar-refractivity contribution is -0.126. The molecule has 122 valence electrons. The Kier molecular flexibility index (Phi) is 5.41. The molecule has 3 heterocycles. The molecule has 3 rings (SSSR count). The summed E-state index contributed by atoms with van der Waals surface area (Å²) in [6, 6.07) is 5.82. The first-order valence-corrected chi connectivity index (χ1v) is 9.08. The summed E-state index contributed by atoms with van der Waals surface area (Å²) in [4.78, 5) is 20.6. The van der Waals surface area contributed by atoms with Crippen LogP contribution >= 0.6 is 11.3 Å². The van der Waals surface area contributed by atoms with Gasteiger partial charge in [-0.05, 0) is 67.9 Å². The first kappa shape index (κ1) is 16.1. The number of thiophene rings is 1. The van der Waals surface area contributed by atoms with E-state index in [2.05, 4.69) is 33.6 Å². The highest BCUT2D eigenvalue weighted by Gasteiger charge is 2.29. The Morgan fingerprint density at radius 2 is 2.22 bits per heavy atom. The minimum absolute atomic E-state index is 0.0918. The predicted octanol–water partition coefficient (Wildman–Crippen LogP) is 2.95. The maximum atomic E-state index is 12.8. The van der Waals surface area contributed by atoms with Gasteiger partial charge in [-0.25, -0.2) is 0 Å². The third kappa shape index (κ3) is 3.98. The number of aromatic nitrogens is 1. The number of rotatable bonds is 6. The van der Waals surface area contributed by atoms with Crippen molar-refractivity contribution in [1.82, 2.24) is 15.2 Å². The molecule has 23 heavy (non-hydrogen) atoms. The van der Waals surface area contributed by atoms with Crippen molar-refractivity contribution in [3.8, 4) is 0 Å². The van der Waals surface area contributed by atoms with Crippen molar-refractivity contribution in [3.05, 3.63) is 52.0 Å². The fraction of sp³-hybridized carbons (Fsp3) is 0.444. The Morgan fingerprint density at radius 3 is 2.87 bits per heavy atom. The number of nitrogens with zero attached hydrogens (tertiary/aromatic N) is 2. The van der Waals surface area contributed by atoms with Crippen LogP contribution in [-0.2, 0) is 11.2 Å². The van der Waals surface area contributed by atoms with Crippen LogP contribution in [0.15, 0.2) is 36.0 Å². The number of hydrogen-bond acceptors (Lipinski definition) is 4. The first-order valence-electron chi connectivity index (χ1n) is 8.20. The quantitative estimate of drug-likeness (QED) is 0.886. The zero-order valence-corrected chi connectivity index (χ0v) is 14.3. The molecule has 0 unspecified atom stereocenters. The number of carbonyl (C=O) groups is 1. The van der Waals surface area contributed by atoms with Crippen molar-refractivity contribution in [2.45, 2.75) is 32.2 Å². The molecule has 1 aliphatic heterocycles. The molecule has 1 saturated heterocycles. The number of aryl methyl sites for hydroxylation is 1. The van der Waals surface area contributed by atoms with Crippen LogP contribution in [0, 0.1) is 6.92 Å². The topological polar surface area (TPSA) is 45.2 Å². The fourth-order valence-corrected chi connectivity index (χ4v) is 4.03. The van der Waals surface area contributed by atoms with E-state index < -0.39 is 0 Å². The fourth-order valence-electron chi connectivity index (χ4n) is 3.12. The maximum absolute atomic E-state index is 12.8. The molecule has 1 amide bonds. The number of nitrogens with one attached hydrogen (secondary N) is 1. The summed E-state index contributed by atoms with van der Waals surface area (Å²) in [6.07, 6.45) is 6.79. The monoisotopic (exact) mass is 329 g/mol. The molecule has 2 aromatic rings. The van der Waals surface area contributed by atoms with E-state index in [0.717, 1.165) is 25.1 Å². The van der Waals surface area contributed by atoms with Gasteiger partial charge in [-0.3, -0.25) is 14.7 Å². The van der Waals surface area contributed by atoms with E-state index in [9.17, 15) is 4.79 Å². The molecule has 1 fully saturated rings. The first-order chi connectivity index (χ1) is 11.3. The Labute approximate surface area is 141 Å². The average Bonchev–Trinajstić information content (AvgIpc) is 3.21. The molecular weight excluding hydrogens is 306 g/mol. The largest absolute Gasteiger partial charge is 0.354 e. The summed E-state index contributed by atoms with van der Waals surface area (Å²) in [5.74, 6) is 0.0918. The van der Waals surface area contributed by atoms with Crippen LogP contribution in [0.25, 0.3) is 0 Å². The normalized spacial score (nSPS) is 16.4. The minimum atomic E-state index is -0.212. The van der Waals surface area contributed by atoms with E-state index in [1.807, 2.05) is 18.3 Å². The molecule has 0 aliphatic carbocycles. The van der Waals surface area contributed by atoms with Gasteiger partial charge in [0, 0.05) is 23.8 Å². The highest BCUT2D eigenvalue weighted by Crippen LogP contribution is 2.25. The average molecular weight is 329 g/mol. The number of pyridine rings is 1. The Bertz CT molecular complexity index is 635. The smallest absolute Gasteiger partial charge is 0.242 e. The summed E-state index contributed by atoms with van der Waals surface area (Å²) in [7, 11) is 0. The summed E-state index contributed by atoms with van der Waals surface area (Å²) < 4.78 is 0. The van der Waals surface area contributed by atoms with Crippen LogP contribution in [0.5, 0.6) is 0 Å². The molecule has 2 aromatic heterocycles. The number of likely N-dealkylation sites (tertiary alicyclic amines) is 1. The molecule has 5 heteroatoms. The Hall–Kier alpha value is -1.72. The second-order valence-corrected chi connectivity index (χ2v) is 7.00. The van der Waals surface area contributed by atoms with Gasteiger partial charge in [0.2, 0.25) is 5.91 Å². The van der Waals surface area contributed by atoms with Crippen molar-refractivity contribution in [1.29, 1.82) is 0 Å². The van der Waals surface area contributed by atoms with Gasteiger partial charge in [0.25, 0.3) is 0 Å². The second kappa shape index (κ2) is 7.70. The lowest BCUT2D eigenvalue weighted by Crippen LogP contribution is -2.40. The van der Waals surface area contributed by atoms with Gasteiger partial charge in [-0.1, -0.05) is 6.07 Å². The van der Waals surface area contributed by atoms with Crippen molar-refractivity contribution >= 4 is 17.2 Å². The zero-order chi connectivity index (χ0) is 16.1. The second-order valence-electron chi connectivity index (χ2n) is 6.00. The standard InChI is InChI=1S/C18H23N3OS/c1-14-7-12-23-16(14)6-9-20-18(22)17(21-10-2-3-11-21)15-5-4-8-19-13-15/h4-5,7-8,12-13,17H,2-3,6,9-11H2,1H3,(H,20,22)/t17-/m1/s1. The van der Waals surface area contributed by atoms with Crippen LogP contribution in [0.4, 0.5) is 0 Å².